The zero-order chi connectivity index (χ0) is 21.1. The van der Waals surface area contributed by atoms with Crippen LogP contribution in [-0.2, 0) is 22.7 Å². The zero-order valence-corrected chi connectivity index (χ0v) is 17.8. The number of nitrogens with one attached hydrogen (secondary N) is 2. The van der Waals surface area contributed by atoms with Gasteiger partial charge >= 0.3 is 0 Å². The van der Waals surface area contributed by atoms with Gasteiger partial charge in [0.1, 0.15) is 13.1 Å². The van der Waals surface area contributed by atoms with Crippen molar-refractivity contribution in [2.24, 2.45) is 0 Å². The SMILES string of the molecule is O=C(Cn1cnc2ccc(Br)cc2c1=O)Nc1cnn(CC(=O)NC2CCCC2)c1. The highest BCUT2D eigenvalue weighted by atomic mass is 79.9. The van der Waals surface area contributed by atoms with Gasteiger partial charge < -0.3 is 10.6 Å². The lowest BCUT2D eigenvalue weighted by Gasteiger charge is -2.11. The molecule has 30 heavy (non-hydrogen) atoms. The molecule has 156 valence electrons. The summed E-state index contributed by atoms with van der Waals surface area (Å²) in [7, 11) is 0. The van der Waals surface area contributed by atoms with E-state index in [9.17, 15) is 14.4 Å². The summed E-state index contributed by atoms with van der Waals surface area (Å²) in [6, 6.07) is 5.47. The lowest BCUT2D eigenvalue weighted by atomic mass is 10.2. The molecule has 0 aliphatic heterocycles. The van der Waals surface area contributed by atoms with Gasteiger partial charge in [-0.25, -0.2) is 4.98 Å². The first-order valence-electron chi connectivity index (χ1n) is 9.74. The summed E-state index contributed by atoms with van der Waals surface area (Å²) in [5.41, 5.74) is 0.728. The normalized spacial score (nSPS) is 14.2. The van der Waals surface area contributed by atoms with Crippen molar-refractivity contribution < 1.29 is 9.59 Å². The third-order valence-electron chi connectivity index (χ3n) is 5.04. The number of hydrogen-bond acceptors (Lipinski definition) is 5. The van der Waals surface area contributed by atoms with Crippen LogP contribution in [0.5, 0.6) is 0 Å². The summed E-state index contributed by atoms with van der Waals surface area (Å²) >= 11 is 3.34. The van der Waals surface area contributed by atoms with Gasteiger partial charge in [0, 0.05) is 16.7 Å². The number of fused-ring (bicyclic) bond motifs is 1. The Morgan fingerprint density at radius 1 is 1.17 bits per heavy atom. The average molecular weight is 473 g/mol. The van der Waals surface area contributed by atoms with Crippen molar-refractivity contribution in [1.29, 1.82) is 0 Å². The molecule has 1 saturated carbocycles. The molecule has 10 heteroatoms. The van der Waals surface area contributed by atoms with Crippen LogP contribution in [-0.4, -0.2) is 37.2 Å². The quantitative estimate of drug-likeness (QED) is 0.570. The molecule has 1 aliphatic carbocycles. The fourth-order valence-electron chi connectivity index (χ4n) is 3.60. The molecule has 2 heterocycles. The van der Waals surface area contributed by atoms with Gasteiger partial charge in [-0.3, -0.25) is 23.6 Å². The summed E-state index contributed by atoms with van der Waals surface area (Å²) < 4.78 is 3.49. The summed E-state index contributed by atoms with van der Waals surface area (Å²) in [4.78, 5) is 41.3. The first kappa shape index (κ1) is 20.3. The number of carbonyl (C=O) groups excluding carboxylic acids is 2. The Balaban J connectivity index is 1.36. The van der Waals surface area contributed by atoms with E-state index in [1.54, 1.807) is 24.4 Å². The lowest BCUT2D eigenvalue weighted by molar-refractivity contribution is -0.122. The number of carbonyl (C=O) groups is 2. The molecule has 2 N–H and O–H groups in total. The second-order valence-electron chi connectivity index (χ2n) is 7.36. The topological polar surface area (TPSA) is 111 Å². The predicted octanol–water partition coefficient (Wildman–Crippen LogP) is 2.05. The van der Waals surface area contributed by atoms with Crippen LogP contribution < -0.4 is 16.2 Å². The Morgan fingerprint density at radius 2 is 1.97 bits per heavy atom. The minimum atomic E-state index is -0.386. The molecule has 2 amide bonds. The maximum Gasteiger partial charge on any atom is 0.261 e. The Morgan fingerprint density at radius 3 is 2.77 bits per heavy atom. The molecule has 1 aromatic carbocycles. The number of anilines is 1. The van der Waals surface area contributed by atoms with Gasteiger partial charge in [-0.15, -0.1) is 0 Å². The van der Waals surface area contributed by atoms with E-state index in [1.807, 2.05) is 0 Å². The van der Waals surface area contributed by atoms with Gasteiger partial charge in [0.05, 0.1) is 29.1 Å². The molecule has 0 unspecified atom stereocenters. The fraction of sp³-hybridized carbons (Fsp3) is 0.350. The minimum Gasteiger partial charge on any atom is -0.352 e. The highest BCUT2D eigenvalue weighted by Crippen LogP contribution is 2.17. The standard InChI is InChI=1S/C20H21BrN6O3/c21-13-5-6-17-16(7-13)20(30)26(12-22-17)10-18(28)25-15-8-23-27(9-15)11-19(29)24-14-3-1-2-4-14/h5-9,12,14H,1-4,10-11H2,(H,24,29)(H,25,28). The van der Waals surface area contributed by atoms with Gasteiger partial charge in [0.15, 0.2) is 0 Å². The number of aromatic nitrogens is 4. The second kappa shape index (κ2) is 8.78. The van der Waals surface area contributed by atoms with Gasteiger partial charge in [0.25, 0.3) is 5.56 Å². The van der Waals surface area contributed by atoms with Gasteiger partial charge in [-0.2, -0.15) is 5.10 Å². The third kappa shape index (κ3) is 4.76. The molecule has 9 nitrogen and oxygen atoms in total. The van der Waals surface area contributed by atoms with Crippen molar-refractivity contribution >= 4 is 44.3 Å². The molecular formula is C20H21BrN6O3. The number of nitrogens with zero attached hydrogens (tertiary/aromatic N) is 4. The second-order valence-corrected chi connectivity index (χ2v) is 8.28. The molecule has 0 radical (unpaired) electrons. The highest BCUT2D eigenvalue weighted by molar-refractivity contribution is 9.10. The summed E-state index contributed by atoms with van der Waals surface area (Å²) in [6.07, 6.45) is 8.75. The fourth-order valence-corrected chi connectivity index (χ4v) is 3.97. The molecule has 3 aromatic rings. The first-order chi connectivity index (χ1) is 14.5. The monoisotopic (exact) mass is 472 g/mol. The maximum atomic E-state index is 12.6. The molecular weight excluding hydrogens is 452 g/mol. The van der Waals surface area contributed by atoms with Gasteiger partial charge in [0.2, 0.25) is 11.8 Å². The Labute approximate surface area is 180 Å². The van der Waals surface area contributed by atoms with Crippen LogP contribution in [0.4, 0.5) is 5.69 Å². The van der Waals surface area contributed by atoms with E-state index in [0.29, 0.717) is 16.6 Å². The van der Waals surface area contributed by atoms with Crippen molar-refractivity contribution in [2.45, 2.75) is 44.8 Å². The predicted molar refractivity (Wildman–Crippen MR) is 115 cm³/mol. The summed E-state index contributed by atoms with van der Waals surface area (Å²) in [5.74, 6) is -0.481. The van der Waals surface area contributed by atoms with E-state index >= 15 is 0 Å². The summed E-state index contributed by atoms with van der Waals surface area (Å²) in [5, 5.41) is 10.2. The van der Waals surface area contributed by atoms with Crippen molar-refractivity contribution in [1.82, 2.24) is 24.6 Å². The van der Waals surface area contributed by atoms with E-state index in [0.717, 1.165) is 30.2 Å². The maximum absolute atomic E-state index is 12.6. The van der Waals surface area contributed by atoms with Gasteiger partial charge in [-0.05, 0) is 31.0 Å². The van der Waals surface area contributed by atoms with Crippen molar-refractivity contribution in [3.05, 3.63) is 51.7 Å². The van der Waals surface area contributed by atoms with E-state index in [-0.39, 0.29) is 36.5 Å². The number of rotatable bonds is 6. The first-order valence-corrected chi connectivity index (χ1v) is 10.5. The van der Waals surface area contributed by atoms with E-state index in [4.69, 9.17) is 0 Å². The smallest absolute Gasteiger partial charge is 0.261 e. The average Bonchev–Trinajstić information content (AvgIpc) is 3.36. The zero-order valence-electron chi connectivity index (χ0n) is 16.2. The molecule has 0 saturated heterocycles. The molecule has 0 atom stereocenters. The van der Waals surface area contributed by atoms with Crippen LogP contribution in [0.15, 0.2) is 46.2 Å². The largest absolute Gasteiger partial charge is 0.352 e. The van der Waals surface area contributed by atoms with Crippen LogP contribution in [0.1, 0.15) is 25.7 Å². The van der Waals surface area contributed by atoms with Crippen LogP contribution in [0.25, 0.3) is 10.9 Å². The molecule has 0 bridgehead atoms. The molecule has 1 fully saturated rings. The van der Waals surface area contributed by atoms with Crippen molar-refractivity contribution in [2.75, 3.05) is 5.32 Å². The van der Waals surface area contributed by atoms with E-state index in [1.165, 1.54) is 21.8 Å². The molecule has 0 spiro atoms. The Bertz CT molecular complexity index is 1150. The van der Waals surface area contributed by atoms with E-state index in [2.05, 4.69) is 36.6 Å². The number of halogens is 1. The minimum absolute atomic E-state index is 0.0926. The van der Waals surface area contributed by atoms with Crippen molar-refractivity contribution in [3.63, 3.8) is 0 Å². The van der Waals surface area contributed by atoms with Crippen molar-refractivity contribution in [3.8, 4) is 0 Å². The Kier molecular flexibility index (Phi) is 5.93. The number of hydrogen-bond donors (Lipinski definition) is 2. The van der Waals surface area contributed by atoms with Crippen LogP contribution in [0.3, 0.4) is 0 Å². The number of benzene rings is 1. The summed E-state index contributed by atoms with van der Waals surface area (Å²) in [6.45, 7) is -0.0864. The third-order valence-corrected chi connectivity index (χ3v) is 5.54. The molecule has 4 rings (SSSR count). The molecule has 2 aromatic heterocycles. The van der Waals surface area contributed by atoms with Gasteiger partial charge in [-0.1, -0.05) is 28.8 Å². The van der Waals surface area contributed by atoms with Crippen LogP contribution >= 0.6 is 15.9 Å². The van der Waals surface area contributed by atoms with Crippen LogP contribution in [0, 0.1) is 0 Å². The molecule has 1 aliphatic rings. The van der Waals surface area contributed by atoms with Crippen LogP contribution in [0.2, 0.25) is 0 Å². The Hall–Kier alpha value is -3.01. The highest BCUT2D eigenvalue weighted by Gasteiger charge is 2.17. The van der Waals surface area contributed by atoms with E-state index < -0.39 is 0 Å². The number of amides is 2. The lowest BCUT2D eigenvalue weighted by Crippen LogP contribution is -2.35.